The zero-order valence-electron chi connectivity index (χ0n) is 15.3. The van der Waals surface area contributed by atoms with E-state index in [1.807, 2.05) is 32.0 Å². The minimum Gasteiger partial charge on any atom is -0.465 e. The quantitative estimate of drug-likeness (QED) is 0.817. The molecule has 0 bridgehead atoms. The number of ether oxygens (including phenoxy) is 1. The summed E-state index contributed by atoms with van der Waals surface area (Å²) in [6, 6.07) is 8.00. The van der Waals surface area contributed by atoms with Crippen LogP contribution >= 0.6 is 0 Å². The minimum absolute atomic E-state index is 0.376. The summed E-state index contributed by atoms with van der Waals surface area (Å²) in [5, 5.41) is 3.52. The molecular formula is C20H27N3O2. The van der Waals surface area contributed by atoms with Gasteiger partial charge in [-0.05, 0) is 37.1 Å². The largest absolute Gasteiger partial charge is 0.465 e. The summed E-state index contributed by atoms with van der Waals surface area (Å²) in [6.45, 7) is 4.00. The first kappa shape index (κ1) is 18.9. The van der Waals surface area contributed by atoms with E-state index in [1.165, 1.54) is 45.4 Å². The van der Waals surface area contributed by atoms with Crippen LogP contribution in [0.1, 0.15) is 56.3 Å². The van der Waals surface area contributed by atoms with Crippen LogP contribution in [0, 0.1) is 0 Å². The molecule has 3 rings (SSSR count). The Morgan fingerprint density at radius 3 is 2.52 bits per heavy atom. The van der Waals surface area contributed by atoms with E-state index in [0.29, 0.717) is 11.6 Å². The van der Waals surface area contributed by atoms with Crippen LogP contribution in [0.2, 0.25) is 0 Å². The van der Waals surface area contributed by atoms with Crippen LogP contribution in [0.3, 0.4) is 0 Å². The molecule has 0 aliphatic heterocycles. The summed E-state index contributed by atoms with van der Waals surface area (Å²) in [5.41, 5.74) is 2.24. The number of carbonyl (C=O) groups is 1. The lowest BCUT2D eigenvalue weighted by Crippen LogP contribution is -2.22. The predicted molar refractivity (Wildman–Crippen MR) is 101 cm³/mol. The van der Waals surface area contributed by atoms with Crippen molar-refractivity contribution in [3.8, 4) is 11.3 Å². The Balaban J connectivity index is 0.00000109. The maximum Gasteiger partial charge on any atom is 0.339 e. The third-order valence-electron chi connectivity index (χ3n) is 4.20. The van der Waals surface area contributed by atoms with Gasteiger partial charge in [0, 0.05) is 24.0 Å². The van der Waals surface area contributed by atoms with Gasteiger partial charge in [0.15, 0.2) is 0 Å². The van der Waals surface area contributed by atoms with E-state index in [0.717, 1.165) is 17.1 Å². The molecule has 0 saturated heterocycles. The highest BCUT2D eigenvalue weighted by Crippen LogP contribution is 2.23. The Kier molecular flexibility index (Phi) is 7.38. The fourth-order valence-electron chi connectivity index (χ4n) is 2.93. The van der Waals surface area contributed by atoms with Crippen LogP contribution in [0.15, 0.2) is 36.7 Å². The molecule has 5 nitrogen and oxygen atoms in total. The van der Waals surface area contributed by atoms with Gasteiger partial charge in [-0.3, -0.25) is 4.98 Å². The first-order valence-electron chi connectivity index (χ1n) is 9.03. The Hall–Kier alpha value is -2.43. The van der Waals surface area contributed by atoms with Crippen molar-refractivity contribution in [3.05, 3.63) is 42.2 Å². The summed E-state index contributed by atoms with van der Waals surface area (Å²) in [6.07, 6.45) is 9.64. The topological polar surface area (TPSA) is 64.1 Å². The number of nitrogens with zero attached hydrogens (tertiary/aromatic N) is 2. The van der Waals surface area contributed by atoms with Crippen LogP contribution < -0.4 is 5.32 Å². The average molecular weight is 341 g/mol. The van der Waals surface area contributed by atoms with Crippen LogP contribution in [0.25, 0.3) is 11.3 Å². The molecule has 5 heteroatoms. The van der Waals surface area contributed by atoms with Gasteiger partial charge in [-0.2, -0.15) is 0 Å². The molecule has 1 aliphatic rings. The molecule has 134 valence electrons. The Labute approximate surface area is 149 Å². The van der Waals surface area contributed by atoms with E-state index in [9.17, 15) is 4.79 Å². The smallest absolute Gasteiger partial charge is 0.339 e. The number of pyridine rings is 2. The van der Waals surface area contributed by atoms with Gasteiger partial charge in [0.25, 0.3) is 0 Å². The van der Waals surface area contributed by atoms with Crippen LogP contribution in [-0.4, -0.2) is 29.1 Å². The summed E-state index contributed by atoms with van der Waals surface area (Å²) in [5.74, 6) is 0.506. The van der Waals surface area contributed by atoms with Crippen molar-refractivity contribution in [2.24, 2.45) is 0 Å². The van der Waals surface area contributed by atoms with Gasteiger partial charge in [0.05, 0.1) is 18.4 Å². The number of hydrogen-bond donors (Lipinski definition) is 1. The Bertz CT molecular complexity index is 665. The number of rotatable bonds is 4. The van der Waals surface area contributed by atoms with Gasteiger partial charge >= 0.3 is 5.97 Å². The number of hydrogen-bond acceptors (Lipinski definition) is 5. The summed E-state index contributed by atoms with van der Waals surface area (Å²) in [7, 11) is 1.36. The van der Waals surface area contributed by atoms with Gasteiger partial charge in [0.2, 0.25) is 0 Å². The van der Waals surface area contributed by atoms with E-state index in [2.05, 4.69) is 20.0 Å². The molecule has 2 heterocycles. The molecule has 1 saturated carbocycles. The first-order chi connectivity index (χ1) is 12.3. The highest BCUT2D eigenvalue weighted by Gasteiger charge is 2.14. The molecule has 25 heavy (non-hydrogen) atoms. The van der Waals surface area contributed by atoms with Gasteiger partial charge in [-0.25, -0.2) is 9.78 Å². The van der Waals surface area contributed by atoms with E-state index in [4.69, 9.17) is 0 Å². The van der Waals surface area contributed by atoms with Crippen molar-refractivity contribution in [2.45, 2.75) is 52.0 Å². The average Bonchev–Trinajstić information content (AvgIpc) is 2.70. The monoisotopic (exact) mass is 341 g/mol. The fourth-order valence-corrected chi connectivity index (χ4v) is 2.93. The molecule has 0 unspecified atom stereocenters. The third-order valence-corrected chi connectivity index (χ3v) is 4.20. The van der Waals surface area contributed by atoms with Gasteiger partial charge in [0.1, 0.15) is 5.82 Å². The number of methoxy groups -OCH3 is 1. The molecule has 1 N–H and O–H groups in total. The lowest BCUT2D eigenvalue weighted by molar-refractivity contribution is 0.0600. The lowest BCUT2D eigenvalue weighted by Gasteiger charge is -2.23. The highest BCUT2D eigenvalue weighted by molar-refractivity contribution is 5.89. The predicted octanol–water partition coefficient (Wildman–Crippen LogP) is 4.70. The number of anilines is 1. The summed E-state index contributed by atoms with van der Waals surface area (Å²) in [4.78, 5) is 20.2. The SMILES string of the molecule is CC.COC(=O)c1ccc(-c2ccnc(NC3CCCCC3)c2)nc1. The molecule has 1 aliphatic carbocycles. The van der Waals surface area contributed by atoms with Crippen molar-refractivity contribution < 1.29 is 9.53 Å². The van der Waals surface area contributed by atoms with Gasteiger partial charge < -0.3 is 10.1 Å². The Morgan fingerprint density at radius 2 is 1.88 bits per heavy atom. The first-order valence-corrected chi connectivity index (χ1v) is 9.03. The normalized spacial score (nSPS) is 14.2. The standard InChI is InChI=1S/C18H21N3O2.C2H6/c1-23-18(22)14-7-8-16(20-12-14)13-9-10-19-17(11-13)21-15-5-3-2-4-6-15;1-2/h7-12,15H,2-6H2,1H3,(H,19,21);1-2H3. The molecular weight excluding hydrogens is 314 g/mol. The van der Waals surface area contributed by atoms with Crippen LogP contribution in [-0.2, 0) is 4.74 Å². The number of aromatic nitrogens is 2. The zero-order valence-corrected chi connectivity index (χ0v) is 15.3. The Morgan fingerprint density at radius 1 is 1.12 bits per heavy atom. The molecule has 1 fully saturated rings. The molecule has 2 aromatic rings. The highest BCUT2D eigenvalue weighted by atomic mass is 16.5. The minimum atomic E-state index is -0.376. The summed E-state index contributed by atoms with van der Waals surface area (Å²) < 4.78 is 4.69. The maximum absolute atomic E-state index is 11.5. The number of carbonyl (C=O) groups excluding carboxylic acids is 1. The zero-order chi connectivity index (χ0) is 18.1. The van der Waals surface area contributed by atoms with Crippen LogP contribution in [0.4, 0.5) is 5.82 Å². The van der Waals surface area contributed by atoms with Crippen molar-refractivity contribution in [3.63, 3.8) is 0 Å². The summed E-state index contributed by atoms with van der Waals surface area (Å²) >= 11 is 0. The third kappa shape index (κ3) is 5.28. The number of esters is 1. The van der Waals surface area contributed by atoms with Crippen molar-refractivity contribution in [2.75, 3.05) is 12.4 Å². The van der Waals surface area contributed by atoms with Gasteiger partial charge in [-0.15, -0.1) is 0 Å². The number of nitrogens with one attached hydrogen (secondary N) is 1. The van der Waals surface area contributed by atoms with Crippen molar-refractivity contribution in [1.29, 1.82) is 0 Å². The molecule has 2 aromatic heterocycles. The molecule has 0 spiro atoms. The second-order valence-electron chi connectivity index (χ2n) is 5.83. The molecule has 0 atom stereocenters. The van der Waals surface area contributed by atoms with Gasteiger partial charge in [-0.1, -0.05) is 33.1 Å². The van der Waals surface area contributed by atoms with Crippen molar-refractivity contribution >= 4 is 11.8 Å². The van der Waals surface area contributed by atoms with E-state index >= 15 is 0 Å². The second-order valence-corrected chi connectivity index (χ2v) is 5.83. The lowest BCUT2D eigenvalue weighted by atomic mass is 9.95. The maximum atomic E-state index is 11.5. The van der Waals surface area contributed by atoms with E-state index in [-0.39, 0.29) is 5.97 Å². The fraction of sp³-hybridized carbons (Fsp3) is 0.450. The molecule has 0 amide bonds. The van der Waals surface area contributed by atoms with E-state index < -0.39 is 0 Å². The van der Waals surface area contributed by atoms with Crippen molar-refractivity contribution in [1.82, 2.24) is 9.97 Å². The molecule has 0 aromatic carbocycles. The van der Waals surface area contributed by atoms with Crippen LogP contribution in [0.5, 0.6) is 0 Å². The second kappa shape index (κ2) is 9.77. The van der Waals surface area contributed by atoms with E-state index in [1.54, 1.807) is 12.3 Å². The molecule has 0 radical (unpaired) electrons.